The number of rotatable bonds is 6. The van der Waals surface area contributed by atoms with Gasteiger partial charge in [0.25, 0.3) is 5.91 Å². The number of carbonyl (C=O) groups is 2. The van der Waals surface area contributed by atoms with Gasteiger partial charge in [0, 0.05) is 5.69 Å². The molecule has 0 radical (unpaired) electrons. The van der Waals surface area contributed by atoms with Crippen LogP contribution in [0.15, 0.2) is 42.5 Å². The fourth-order valence-corrected chi connectivity index (χ4v) is 2.78. The Balaban J connectivity index is 1.86. The fraction of sp³-hybridized carbons (Fsp3) is 0.364. The van der Waals surface area contributed by atoms with Gasteiger partial charge in [0.05, 0.1) is 6.54 Å². The highest BCUT2D eigenvalue weighted by atomic mass is 16.5. The van der Waals surface area contributed by atoms with Gasteiger partial charge in [0.2, 0.25) is 5.91 Å². The number of nitrogens with one attached hydrogen (secondary N) is 2. The van der Waals surface area contributed by atoms with Crippen LogP contribution in [0.1, 0.15) is 37.5 Å². The van der Waals surface area contributed by atoms with Crippen LogP contribution in [0.2, 0.25) is 0 Å². The number of benzene rings is 2. The summed E-state index contributed by atoms with van der Waals surface area (Å²) in [6.45, 7) is 9.90. The third-order valence-corrected chi connectivity index (χ3v) is 4.25. The molecule has 0 fully saturated rings. The van der Waals surface area contributed by atoms with E-state index in [1.807, 2.05) is 56.3 Å². The van der Waals surface area contributed by atoms with Gasteiger partial charge in [-0.2, -0.15) is 0 Å². The van der Waals surface area contributed by atoms with Crippen LogP contribution in [-0.2, 0) is 15.0 Å². The largest absolute Gasteiger partial charge is 0.483 e. The number of anilines is 1. The minimum atomic E-state index is -0.338. The van der Waals surface area contributed by atoms with Crippen LogP contribution in [0.4, 0.5) is 5.69 Å². The molecule has 0 aliphatic carbocycles. The average Bonchev–Trinajstić information content (AvgIpc) is 2.61. The number of aryl methyl sites for hydroxylation is 2. The lowest BCUT2D eigenvalue weighted by Gasteiger charge is -2.22. The van der Waals surface area contributed by atoms with Crippen molar-refractivity contribution in [1.29, 1.82) is 0 Å². The van der Waals surface area contributed by atoms with Crippen LogP contribution in [0.5, 0.6) is 5.75 Å². The highest BCUT2D eigenvalue weighted by Crippen LogP contribution is 2.30. The second-order valence-corrected chi connectivity index (χ2v) is 7.63. The van der Waals surface area contributed by atoms with Gasteiger partial charge < -0.3 is 15.4 Å². The molecule has 5 nitrogen and oxygen atoms in total. The van der Waals surface area contributed by atoms with Gasteiger partial charge in [-0.25, -0.2) is 0 Å². The molecule has 0 aliphatic heterocycles. The Morgan fingerprint density at radius 1 is 0.926 bits per heavy atom. The Bertz CT molecular complexity index is 802. The summed E-state index contributed by atoms with van der Waals surface area (Å²) in [6, 6.07) is 13.5. The smallest absolute Gasteiger partial charge is 0.258 e. The molecule has 0 spiro atoms. The first-order chi connectivity index (χ1) is 12.7. The summed E-state index contributed by atoms with van der Waals surface area (Å²) in [5, 5.41) is 5.44. The summed E-state index contributed by atoms with van der Waals surface area (Å²) in [5.74, 6) is 0.0753. The van der Waals surface area contributed by atoms with Crippen LogP contribution in [0.25, 0.3) is 0 Å². The lowest BCUT2D eigenvalue weighted by molar-refractivity contribution is -0.125. The summed E-state index contributed by atoms with van der Waals surface area (Å²) in [4.78, 5) is 24.2. The van der Waals surface area contributed by atoms with Crippen molar-refractivity contribution in [2.75, 3.05) is 18.5 Å². The molecule has 2 rings (SSSR count). The third-order valence-electron chi connectivity index (χ3n) is 4.25. The van der Waals surface area contributed by atoms with Crippen LogP contribution < -0.4 is 15.4 Å². The zero-order chi connectivity index (χ0) is 20.0. The summed E-state index contributed by atoms with van der Waals surface area (Å²) < 4.78 is 5.67. The molecule has 2 N–H and O–H groups in total. The van der Waals surface area contributed by atoms with Crippen molar-refractivity contribution in [3.05, 3.63) is 59.2 Å². The van der Waals surface area contributed by atoms with Crippen molar-refractivity contribution in [1.82, 2.24) is 5.32 Å². The first-order valence-electron chi connectivity index (χ1n) is 9.03. The molecule has 0 unspecified atom stereocenters. The van der Waals surface area contributed by atoms with E-state index < -0.39 is 0 Å². The lowest BCUT2D eigenvalue weighted by atomic mass is 9.86. The first kappa shape index (κ1) is 20.5. The predicted molar refractivity (Wildman–Crippen MR) is 108 cm³/mol. The molecule has 0 aromatic heterocycles. The SMILES string of the molecule is Cc1cccc(C)c1NC(=O)CNC(=O)COc1ccccc1C(C)(C)C. The van der Waals surface area contributed by atoms with Crippen LogP contribution >= 0.6 is 0 Å². The number of amides is 2. The van der Waals surface area contributed by atoms with Crippen molar-refractivity contribution in [2.24, 2.45) is 0 Å². The van der Waals surface area contributed by atoms with E-state index in [9.17, 15) is 9.59 Å². The summed E-state index contributed by atoms with van der Waals surface area (Å²) >= 11 is 0. The summed E-state index contributed by atoms with van der Waals surface area (Å²) in [6.07, 6.45) is 0. The van der Waals surface area contributed by atoms with E-state index in [-0.39, 0.29) is 30.4 Å². The van der Waals surface area contributed by atoms with Crippen LogP contribution in [0.3, 0.4) is 0 Å². The maximum absolute atomic E-state index is 12.1. The highest BCUT2D eigenvalue weighted by Gasteiger charge is 2.19. The maximum Gasteiger partial charge on any atom is 0.258 e. The van der Waals surface area contributed by atoms with E-state index in [1.165, 1.54) is 0 Å². The van der Waals surface area contributed by atoms with Crippen molar-refractivity contribution >= 4 is 17.5 Å². The molecule has 0 aliphatic rings. The number of carbonyl (C=O) groups excluding carboxylic acids is 2. The number of hydrogen-bond acceptors (Lipinski definition) is 3. The van der Waals surface area contributed by atoms with Crippen LogP contribution in [0, 0.1) is 13.8 Å². The van der Waals surface area contributed by atoms with Gasteiger partial charge in [0.1, 0.15) is 5.75 Å². The van der Waals surface area contributed by atoms with E-state index >= 15 is 0 Å². The quantitative estimate of drug-likeness (QED) is 0.816. The van der Waals surface area contributed by atoms with Crippen molar-refractivity contribution in [2.45, 2.75) is 40.0 Å². The molecule has 5 heteroatoms. The molecule has 0 saturated carbocycles. The van der Waals surface area contributed by atoms with E-state index in [0.29, 0.717) is 5.75 Å². The summed E-state index contributed by atoms with van der Waals surface area (Å²) in [7, 11) is 0. The second kappa shape index (κ2) is 8.71. The molecule has 2 amide bonds. The molecule has 0 saturated heterocycles. The van der Waals surface area contributed by atoms with E-state index in [2.05, 4.69) is 31.4 Å². The second-order valence-electron chi connectivity index (χ2n) is 7.63. The van der Waals surface area contributed by atoms with E-state index in [4.69, 9.17) is 4.74 Å². The molecule has 0 bridgehead atoms. The Labute approximate surface area is 161 Å². The number of hydrogen-bond donors (Lipinski definition) is 2. The Hall–Kier alpha value is -2.82. The Morgan fingerprint density at radius 2 is 1.56 bits per heavy atom. The molecule has 2 aromatic carbocycles. The normalized spacial score (nSPS) is 11.0. The van der Waals surface area contributed by atoms with Gasteiger partial charge in [-0.05, 0) is 42.0 Å². The molecule has 0 atom stereocenters. The topological polar surface area (TPSA) is 67.4 Å². The minimum absolute atomic E-state index is 0.0850. The molecule has 144 valence electrons. The minimum Gasteiger partial charge on any atom is -0.483 e. The zero-order valence-corrected chi connectivity index (χ0v) is 16.7. The molecular weight excluding hydrogens is 340 g/mol. The monoisotopic (exact) mass is 368 g/mol. The van der Waals surface area contributed by atoms with Gasteiger partial charge in [0.15, 0.2) is 6.61 Å². The van der Waals surface area contributed by atoms with Crippen molar-refractivity contribution < 1.29 is 14.3 Å². The fourth-order valence-electron chi connectivity index (χ4n) is 2.78. The van der Waals surface area contributed by atoms with Gasteiger partial charge in [-0.3, -0.25) is 9.59 Å². The van der Waals surface area contributed by atoms with Crippen molar-refractivity contribution in [3.63, 3.8) is 0 Å². The first-order valence-corrected chi connectivity index (χ1v) is 9.03. The zero-order valence-electron chi connectivity index (χ0n) is 16.7. The molecular formula is C22H28N2O3. The van der Waals surface area contributed by atoms with Crippen molar-refractivity contribution in [3.8, 4) is 5.75 Å². The average molecular weight is 368 g/mol. The van der Waals surface area contributed by atoms with Gasteiger partial charge in [-0.15, -0.1) is 0 Å². The third kappa shape index (κ3) is 5.84. The Morgan fingerprint density at radius 3 is 2.19 bits per heavy atom. The number of ether oxygens (including phenoxy) is 1. The Kier molecular flexibility index (Phi) is 6.61. The molecule has 2 aromatic rings. The summed E-state index contributed by atoms with van der Waals surface area (Å²) in [5.41, 5.74) is 3.70. The standard InChI is InChI=1S/C22H28N2O3/c1-15-9-8-10-16(2)21(15)24-19(25)13-23-20(26)14-27-18-12-7-6-11-17(18)22(3,4)5/h6-12H,13-14H2,1-5H3,(H,23,26)(H,24,25). The number of para-hydroxylation sites is 2. The van der Waals surface area contributed by atoms with E-state index in [0.717, 1.165) is 22.4 Å². The molecule has 0 heterocycles. The van der Waals surface area contributed by atoms with Gasteiger partial charge >= 0.3 is 0 Å². The predicted octanol–water partition coefficient (Wildman–Crippen LogP) is 3.73. The molecule has 27 heavy (non-hydrogen) atoms. The van der Waals surface area contributed by atoms with Gasteiger partial charge in [-0.1, -0.05) is 57.2 Å². The van der Waals surface area contributed by atoms with E-state index in [1.54, 1.807) is 0 Å². The van der Waals surface area contributed by atoms with Crippen LogP contribution in [-0.4, -0.2) is 25.0 Å². The lowest BCUT2D eigenvalue weighted by Crippen LogP contribution is -2.36. The maximum atomic E-state index is 12.1. The highest BCUT2D eigenvalue weighted by molar-refractivity contribution is 5.95.